The van der Waals surface area contributed by atoms with E-state index in [1.807, 2.05) is 60.7 Å². The molecule has 0 aliphatic rings. The number of imidazole rings is 1. The van der Waals surface area contributed by atoms with Crippen LogP contribution in [0.25, 0.3) is 33.9 Å². The predicted molar refractivity (Wildman–Crippen MR) is 101 cm³/mol. The van der Waals surface area contributed by atoms with Gasteiger partial charge >= 0.3 is 0 Å². The van der Waals surface area contributed by atoms with Crippen LogP contribution in [0.1, 0.15) is 0 Å². The van der Waals surface area contributed by atoms with Crippen LogP contribution in [0.5, 0.6) is 5.75 Å². The number of nitrogens with one attached hydrogen (secondary N) is 1. The normalized spacial score (nSPS) is 10.7. The molecule has 4 rings (SSSR count). The van der Waals surface area contributed by atoms with Crippen LogP contribution < -0.4 is 5.11 Å². The number of hydrogen-bond acceptors (Lipinski definition) is 4. The van der Waals surface area contributed by atoms with E-state index in [-0.39, 0.29) is 17.0 Å². The molecule has 4 aromatic rings. The van der Waals surface area contributed by atoms with Gasteiger partial charge in [0, 0.05) is 28.8 Å². The van der Waals surface area contributed by atoms with E-state index >= 15 is 0 Å². The molecule has 0 saturated carbocycles. The molecule has 0 saturated heterocycles. The smallest absolute Gasteiger partial charge is 0.270 e. The highest BCUT2D eigenvalue weighted by atomic mass is 16.6. The van der Waals surface area contributed by atoms with Gasteiger partial charge in [0.25, 0.3) is 5.69 Å². The molecule has 1 N–H and O–H groups in total. The Bertz CT molecular complexity index is 1050. The fraction of sp³-hybridized carbons (Fsp3) is 0. The molecule has 0 spiro atoms. The molecule has 1 heterocycles. The number of non-ortho nitro benzene ring substituents is 1. The van der Waals surface area contributed by atoms with Gasteiger partial charge in [-0.1, -0.05) is 72.5 Å². The van der Waals surface area contributed by atoms with Gasteiger partial charge in [-0.05, 0) is 0 Å². The third-order valence-electron chi connectivity index (χ3n) is 4.24. The fourth-order valence-corrected chi connectivity index (χ4v) is 2.94. The van der Waals surface area contributed by atoms with Crippen LogP contribution in [0.15, 0.2) is 78.9 Å². The van der Waals surface area contributed by atoms with E-state index in [2.05, 4.69) is 9.97 Å². The molecule has 132 valence electrons. The monoisotopic (exact) mass is 356 g/mol. The van der Waals surface area contributed by atoms with Crippen LogP contribution in [0.3, 0.4) is 0 Å². The number of rotatable bonds is 4. The minimum Gasteiger partial charge on any atom is -0.872 e. The third kappa shape index (κ3) is 3.16. The van der Waals surface area contributed by atoms with E-state index < -0.39 is 4.92 Å². The van der Waals surface area contributed by atoms with Gasteiger partial charge in [-0.2, -0.15) is 0 Å². The zero-order chi connectivity index (χ0) is 18.8. The van der Waals surface area contributed by atoms with Crippen LogP contribution in [-0.4, -0.2) is 14.9 Å². The molecule has 6 nitrogen and oxygen atoms in total. The lowest BCUT2D eigenvalue weighted by Gasteiger charge is -2.10. The molecule has 0 unspecified atom stereocenters. The van der Waals surface area contributed by atoms with Gasteiger partial charge in [-0.3, -0.25) is 10.1 Å². The molecule has 0 bridgehead atoms. The van der Waals surface area contributed by atoms with Crippen LogP contribution >= 0.6 is 0 Å². The summed E-state index contributed by atoms with van der Waals surface area (Å²) in [7, 11) is 0. The molecule has 0 aliphatic heterocycles. The van der Waals surface area contributed by atoms with Crippen molar-refractivity contribution in [2.45, 2.75) is 0 Å². The Balaban J connectivity index is 1.93. The van der Waals surface area contributed by atoms with Crippen molar-refractivity contribution in [2.24, 2.45) is 0 Å². The van der Waals surface area contributed by atoms with Gasteiger partial charge in [0.05, 0.1) is 16.3 Å². The fourth-order valence-electron chi connectivity index (χ4n) is 2.94. The van der Waals surface area contributed by atoms with E-state index in [0.717, 1.165) is 16.8 Å². The molecule has 0 atom stereocenters. The van der Waals surface area contributed by atoms with Crippen LogP contribution in [0, 0.1) is 10.1 Å². The van der Waals surface area contributed by atoms with E-state index in [9.17, 15) is 15.2 Å². The standard InChI is InChI=1S/C21H15N3O3/c25-18-12-11-16(24(26)27)13-17(18)21-22-19(14-7-3-1-4-8-14)20(23-21)15-9-5-2-6-10-15/h1-13,25H,(H,22,23)/p-1. The number of H-pyrrole nitrogens is 1. The zero-order valence-electron chi connectivity index (χ0n) is 14.1. The number of nitro groups is 1. The quantitative estimate of drug-likeness (QED) is 0.433. The van der Waals surface area contributed by atoms with Crippen LogP contribution in [-0.2, 0) is 0 Å². The maximum absolute atomic E-state index is 12.3. The summed E-state index contributed by atoms with van der Waals surface area (Å²) in [5, 5.41) is 23.4. The summed E-state index contributed by atoms with van der Waals surface area (Å²) in [6.07, 6.45) is 0. The Morgan fingerprint density at radius 2 is 1.48 bits per heavy atom. The van der Waals surface area contributed by atoms with Crippen LogP contribution in [0.4, 0.5) is 5.69 Å². The van der Waals surface area contributed by atoms with Gasteiger partial charge in [0.15, 0.2) is 0 Å². The average Bonchev–Trinajstić information content (AvgIpc) is 3.15. The van der Waals surface area contributed by atoms with Gasteiger partial charge < -0.3 is 10.1 Å². The van der Waals surface area contributed by atoms with Crippen molar-refractivity contribution in [3.8, 4) is 39.7 Å². The molecule has 27 heavy (non-hydrogen) atoms. The average molecular weight is 356 g/mol. The highest BCUT2D eigenvalue weighted by Crippen LogP contribution is 2.36. The number of nitrogens with zero attached hydrogens (tertiary/aromatic N) is 2. The summed E-state index contributed by atoms with van der Waals surface area (Å²) >= 11 is 0. The highest BCUT2D eigenvalue weighted by Gasteiger charge is 2.17. The lowest BCUT2D eigenvalue weighted by atomic mass is 10.1. The van der Waals surface area contributed by atoms with Crippen molar-refractivity contribution < 1.29 is 10.0 Å². The SMILES string of the molecule is O=[N+]([O-])c1ccc([O-])c(-c2nc(-c3ccccc3)c(-c3ccccc3)[nH]2)c1. The van der Waals surface area contributed by atoms with Crippen LogP contribution in [0.2, 0.25) is 0 Å². The summed E-state index contributed by atoms with van der Waals surface area (Å²) < 4.78 is 0. The number of nitro benzene ring substituents is 1. The lowest BCUT2D eigenvalue weighted by Crippen LogP contribution is -1.96. The minimum absolute atomic E-state index is 0.150. The molecular formula is C21H14N3O3-. The molecular weight excluding hydrogens is 342 g/mol. The van der Waals surface area contributed by atoms with Gasteiger partial charge in [-0.15, -0.1) is 0 Å². The van der Waals surface area contributed by atoms with E-state index in [1.54, 1.807) is 0 Å². The third-order valence-corrected chi connectivity index (χ3v) is 4.24. The molecule has 0 fully saturated rings. The number of aromatic amines is 1. The van der Waals surface area contributed by atoms with Crippen molar-refractivity contribution in [1.82, 2.24) is 9.97 Å². The first-order chi connectivity index (χ1) is 13.1. The Morgan fingerprint density at radius 1 is 0.852 bits per heavy atom. The van der Waals surface area contributed by atoms with Crippen molar-refractivity contribution in [1.29, 1.82) is 0 Å². The van der Waals surface area contributed by atoms with E-state index in [4.69, 9.17) is 0 Å². The van der Waals surface area contributed by atoms with Crippen molar-refractivity contribution in [3.63, 3.8) is 0 Å². The Labute approximate surface area is 154 Å². The minimum atomic E-state index is -0.526. The second kappa shape index (κ2) is 6.76. The van der Waals surface area contributed by atoms with Gasteiger partial charge in [-0.25, -0.2) is 4.98 Å². The topological polar surface area (TPSA) is 94.9 Å². The van der Waals surface area contributed by atoms with Crippen molar-refractivity contribution >= 4 is 5.69 Å². The maximum atomic E-state index is 12.3. The highest BCUT2D eigenvalue weighted by molar-refractivity contribution is 5.82. The summed E-state index contributed by atoms with van der Waals surface area (Å²) in [6, 6.07) is 22.9. The Hall–Kier alpha value is -3.93. The van der Waals surface area contributed by atoms with Crippen molar-refractivity contribution in [2.75, 3.05) is 0 Å². The van der Waals surface area contributed by atoms with E-state index in [1.165, 1.54) is 18.2 Å². The summed E-state index contributed by atoms with van der Waals surface area (Å²) in [5.74, 6) is -0.0185. The first kappa shape index (κ1) is 16.5. The maximum Gasteiger partial charge on any atom is 0.270 e. The number of aromatic nitrogens is 2. The Morgan fingerprint density at radius 3 is 2.11 bits per heavy atom. The lowest BCUT2D eigenvalue weighted by molar-refractivity contribution is -0.385. The largest absolute Gasteiger partial charge is 0.872 e. The molecule has 3 aromatic carbocycles. The van der Waals surface area contributed by atoms with Gasteiger partial charge in [0.2, 0.25) is 0 Å². The Kier molecular flexibility index (Phi) is 4.14. The second-order valence-electron chi connectivity index (χ2n) is 5.98. The first-order valence-electron chi connectivity index (χ1n) is 8.30. The zero-order valence-corrected chi connectivity index (χ0v) is 14.1. The predicted octanol–water partition coefficient (Wildman–Crippen LogP) is 4.39. The van der Waals surface area contributed by atoms with Crippen molar-refractivity contribution in [3.05, 3.63) is 89.0 Å². The number of benzene rings is 3. The summed E-state index contributed by atoms with van der Waals surface area (Å²) in [4.78, 5) is 18.4. The summed E-state index contributed by atoms with van der Waals surface area (Å²) in [5.41, 5.74) is 3.25. The molecule has 0 amide bonds. The molecule has 0 radical (unpaired) electrons. The second-order valence-corrected chi connectivity index (χ2v) is 5.98. The van der Waals surface area contributed by atoms with E-state index in [0.29, 0.717) is 11.5 Å². The number of hydrogen-bond donors (Lipinski definition) is 1. The molecule has 0 aliphatic carbocycles. The molecule has 6 heteroatoms. The molecule has 1 aromatic heterocycles. The first-order valence-corrected chi connectivity index (χ1v) is 8.30. The summed E-state index contributed by atoms with van der Waals surface area (Å²) in [6.45, 7) is 0. The van der Waals surface area contributed by atoms with Gasteiger partial charge in [0.1, 0.15) is 5.82 Å².